The molecule has 1 fully saturated rings. The van der Waals surface area contributed by atoms with Crippen LogP contribution in [0.15, 0.2) is 0 Å². The molecule has 0 aromatic heterocycles. The van der Waals surface area contributed by atoms with E-state index >= 15 is 0 Å². The fraction of sp³-hybridized carbons (Fsp3) is 0.917. The zero-order valence-corrected chi connectivity index (χ0v) is 12.4. The van der Waals surface area contributed by atoms with Crippen LogP contribution in [0.3, 0.4) is 0 Å². The van der Waals surface area contributed by atoms with E-state index in [-0.39, 0.29) is 0 Å². The van der Waals surface area contributed by atoms with Gasteiger partial charge in [0.05, 0.1) is 5.25 Å². The van der Waals surface area contributed by atoms with Gasteiger partial charge in [-0.25, -0.2) is 8.42 Å². The molecule has 18 heavy (non-hydrogen) atoms. The summed E-state index contributed by atoms with van der Waals surface area (Å²) in [7, 11) is -1.41. The van der Waals surface area contributed by atoms with Gasteiger partial charge in [0.1, 0.15) is 11.4 Å². The second-order valence-electron chi connectivity index (χ2n) is 5.90. The highest BCUT2D eigenvalue weighted by Gasteiger charge is 2.32. The number of sulfone groups is 1. The molecule has 106 valence electrons. The van der Waals surface area contributed by atoms with Crippen LogP contribution in [0.5, 0.6) is 0 Å². The summed E-state index contributed by atoms with van der Waals surface area (Å²) in [4.78, 5) is 13.7. The predicted molar refractivity (Wildman–Crippen MR) is 70.2 cm³/mol. The maximum atomic E-state index is 12.1. The Morgan fingerprint density at radius 1 is 1.28 bits per heavy atom. The highest BCUT2D eigenvalue weighted by atomic mass is 32.2. The SMILES string of the molecule is CN1CCC(S(=O)(=O)CC(=O)OC(C)(C)C)CC1. The molecule has 5 nitrogen and oxygen atoms in total. The first-order chi connectivity index (χ1) is 8.10. The highest BCUT2D eigenvalue weighted by molar-refractivity contribution is 7.92. The smallest absolute Gasteiger partial charge is 0.321 e. The van der Waals surface area contributed by atoms with Crippen LogP contribution in [0.1, 0.15) is 33.6 Å². The van der Waals surface area contributed by atoms with Crippen molar-refractivity contribution < 1.29 is 17.9 Å². The minimum absolute atomic E-state index is 0.402. The van der Waals surface area contributed by atoms with Crippen molar-refractivity contribution in [1.29, 1.82) is 0 Å². The molecule has 1 heterocycles. The van der Waals surface area contributed by atoms with Crippen LogP contribution < -0.4 is 0 Å². The quantitative estimate of drug-likeness (QED) is 0.715. The molecule has 0 amide bonds. The first-order valence-corrected chi connectivity index (χ1v) is 7.94. The van der Waals surface area contributed by atoms with Crippen molar-refractivity contribution in [2.75, 3.05) is 25.9 Å². The molecule has 1 saturated heterocycles. The molecule has 6 heteroatoms. The number of hydrogen-bond acceptors (Lipinski definition) is 5. The van der Waals surface area contributed by atoms with Gasteiger partial charge >= 0.3 is 5.97 Å². The molecule has 0 aliphatic carbocycles. The molecule has 0 saturated carbocycles. The zero-order valence-electron chi connectivity index (χ0n) is 11.6. The van der Waals surface area contributed by atoms with Crippen molar-refractivity contribution >= 4 is 15.8 Å². The molecule has 0 N–H and O–H groups in total. The minimum atomic E-state index is -3.38. The van der Waals surface area contributed by atoms with E-state index in [4.69, 9.17) is 4.74 Å². The Labute approximate surface area is 109 Å². The summed E-state index contributed by atoms with van der Waals surface area (Å²) >= 11 is 0. The number of hydrogen-bond donors (Lipinski definition) is 0. The molecule has 0 radical (unpaired) electrons. The fourth-order valence-corrected chi connectivity index (χ4v) is 3.55. The van der Waals surface area contributed by atoms with Crippen LogP contribution in [0.2, 0.25) is 0 Å². The molecular formula is C12H23NO4S. The molecule has 0 bridgehead atoms. The van der Waals surface area contributed by atoms with Crippen molar-refractivity contribution in [1.82, 2.24) is 4.90 Å². The van der Waals surface area contributed by atoms with Gasteiger partial charge in [-0.05, 0) is 53.8 Å². The molecular weight excluding hydrogens is 254 g/mol. The lowest BCUT2D eigenvalue weighted by atomic mass is 10.1. The van der Waals surface area contributed by atoms with Crippen LogP contribution in [0.4, 0.5) is 0 Å². The van der Waals surface area contributed by atoms with Crippen LogP contribution in [-0.2, 0) is 19.4 Å². The van der Waals surface area contributed by atoms with E-state index in [1.165, 1.54) is 0 Å². The molecule has 0 unspecified atom stereocenters. The summed E-state index contributed by atoms with van der Waals surface area (Å²) in [6, 6.07) is 0. The predicted octanol–water partition coefficient (Wildman–Crippen LogP) is 0.837. The molecule has 1 aliphatic rings. The van der Waals surface area contributed by atoms with Gasteiger partial charge in [-0.3, -0.25) is 4.79 Å². The third kappa shape index (κ3) is 4.94. The van der Waals surface area contributed by atoms with E-state index in [9.17, 15) is 13.2 Å². The van der Waals surface area contributed by atoms with Crippen molar-refractivity contribution in [2.24, 2.45) is 0 Å². The van der Waals surface area contributed by atoms with Crippen LogP contribution >= 0.6 is 0 Å². The normalized spacial score (nSPS) is 19.8. The van der Waals surface area contributed by atoms with Gasteiger partial charge in [-0.15, -0.1) is 0 Å². The minimum Gasteiger partial charge on any atom is -0.459 e. The van der Waals surface area contributed by atoms with Gasteiger partial charge in [0, 0.05) is 0 Å². The van der Waals surface area contributed by atoms with Gasteiger partial charge in [-0.2, -0.15) is 0 Å². The summed E-state index contributed by atoms with van der Waals surface area (Å²) in [6.07, 6.45) is 1.20. The average Bonchev–Trinajstić information content (AvgIpc) is 2.13. The lowest BCUT2D eigenvalue weighted by molar-refractivity contribution is -0.151. The Balaban J connectivity index is 2.57. The van der Waals surface area contributed by atoms with Gasteiger partial charge in [0.2, 0.25) is 0 Å². The molecule has 1 aliphatic heterocycles. The van der Waals surface area contributed by atoms with E-state index in [0.29, 0.717) is 12.8 Å². The van der Waals surface area contributed by atoms with Crippen molar-refractivity contribution in [3.63, 3.8) is 0 Å². The fourth-order valence-electron chi connectivity index (χ4n) is 2.00. The molecule has 0 aromatic carbocycles. The second kappa shape index (κ2) is 5.57. The molecule has 0 spiro atoms. The number of carbonyl (C=O) groups is 1. The Bertz CT molecular complexity index is 389. The monoisotopic (exact) mass is 277 g/mol. The lowest BCUT2D eigenvalue weighted by Crippen LogP contribution is -2.40. The van der Waals surface area contributed by atoms with E-state index in [2.05, 4.69) is 4.90 Å². The summed E-state index contributed by atoms with van der Waals surface area (Å²) < 4.78 is 29.2. The van der Waals surface area contributed by atoms with E-state index in [1.54, 1.807) is 20.8 Å². The van der Waals surface area contributed by atoms with Crippen molar-refractivity contribution in [3.8, 4) is 0 Å². The zero-order chi connectivity index (χ0) is 14.0. The summed E-state index contributed by atoms with van der Waals surface area (Å²) in [5.74, 6) is -1.15. The molecule has 1 rings (SSSR count). The van der Waals surface area contributed by atoms with Crippen molar-refractivity contribution in [3.05, 3.63) is 0 Å². The van der Waals surface area contributed by atoms with Gasteiger partial charge in [0.25, 0.3) is 0 Å². The topological polar surface area (TPSA) is 63.7 Å². The van der Waals surface area contributed by atoms with Crippen LogP contribution in [-0.4, -0.2) is 56.0 Å². The van der Waals surface area contributed by atoms with E-state index in [1.807, 2.05) is 7.05 Å². The standard InChI is InChI=1S/C12H23NO4S/c1-12(2,3)17-11(14)9-18(15,16)10-5-7-13(4)8-6-10/h10H,5-9H2,1-4H3. The first-order valence-electron chi connectivity index (χ1n) is 6.22. The van der Waals surface area contributed by atoms with Gasteiger partial charge in [0.15, 0.2) is 9.84 Å². The maximum absolute atomic E-state index is 12.1. The van der Waals surface area contributed by atoms with Gasteiger partial charge < -0.3 is 9.64 Å². The third-order valence-electron chi connectivity index (χ3n) is 2.91. The highest BCUT2D eigenvalue weighted by Crippen LogP contribution is 2.18. The number of carbonyl (C=O) groups excluding carboxylic acids is 1. The van der Waals surface area contributed by atoms with Crippen LogP contribution in [0, 0.1) is 0 Å². The first kappa shape index (κ1) is 15.4. The largest absolute Gasteiger partial charge is 0.459 e. The Hall–Kier alpha value is -0.620. The second-order valence-corrected chi connectivity index (χ2v) is 8.18. The number of likely N-dealkylation sites (tertiary alicyclic amines) is 1. The maximum Gasteiger partial charge on any atom is 0.321 e. The van der Waals surface area contributed by atoms with Crippen LogP contribution in [0.25, 0.3) is 0 Å². The number of esters is 1. The molecule has 0 atom stereocenters. The average molecular weight is 277 g/mol. The van der Waals surface area contributed by atoms with Gasteiger partial charge in [-0.1, -0.05) is 0 Å². The summed E-state index contributed by atoms with van der Waals surface area (Å²) in [5.41, 5.74) is -0.639. The number of rotatable bonds is 3. The number of ether oxygens (including phenoxy) is 1. The lowest BCUT2D eigenvalue weighted by Gasteiger charge is -2.28. The number of nitrogens with zero attached hydrogens (tertiary/aromatic N) is 1. The Kier molecular flexibility index (Phi) is 4.78. The van der Waals surface area contributed by atoms with E-state index < -0.39 is 32.4 Å². The number of piperidine rings is 1. The third-order valence-corrected chi connectivity index (χ3v) is 5.04. The summed E-state index contributed by atoms with van der Waals surface area (Å²) in [5, 5.41) is -0.402. The summed E-state index contributed by atoms with van der Waals surface area (Å²) in [6.45, 7) is 6.71. The Morgan fingerprint density at radius 3 is 2.22 bits per heavy atom. The molecule has 0 aromatic rings. The Morgan fingerprint density at radius 2 is 1.78 bits per heavy atom. The van der Waals surface area contributed by atoms with E-state index in [0.717, 1.165) is 13.1 Å². The van der Waals surface area contributed by atoms with Crippen molar-refractivity contribution in [2.45, 2.75) is 44.5 Å².